The second-order valence-corrected chi connectivity index (χ2v) is 8.84. The molecule has 5 rings (SSSR count). The van der Waals surface area contributed by atoms with Crippen LogP contribution >= 0.6 is 0 Å². The minimum absolute atomic E-state index is 0.0766. The first-order valence-electron chi connectivity index (χ1n) is 10.8. The molecule has 0 saturated carbocycles. The molecule has 6 nitrogen and oxygen atoms in total. The number of fused-ring (bicyclic) bond motifs is 2. The first-order chi connectivity index (χ1) is 14.8. The van der Waals surface area contributed by atoms with E-state index < -0.39 is 18.3 Å². The average Bonchev–Trinajstić information content (AvgIpc) is 3.38. The third-order valence-electron chi connectivity index (χ3n) is 6.76. The fourth-order valence-electron chi connectivity index (χ4n) is 5.03. The monoisotopic (exact) mass is 433 g/mol. The molecule has 0 radical (unpaired) electrons. The van der Waals surface area contributed by atoms with E-state index in [1.54, 1.807) is 4.90 Å². The van der Waals surface area contributed by atoms with Gasteiger partial charge < -0.3 is 10.2 Å². The van der Waals surface area contributed by atoms with Crippen molar-refractivity contribution >= 4 is 11.7 Å². The van der Waals surface area contributed by atoms with E-state index in [-0.39, 0.29) is 23.8 Å². The van der Waals surface area contributed by atoms with Crippen molar-refractivity contribution < 1.29 is 18.0 Å². The van der Waals surface area contributed by atoms with Gasteiger partial charge in [-0.25, -0.2) is 4.68 Å². The van der Waals surface area contributed by atoms with Gasteiger partial charge in [0.15, 0.2) is 11.7 Å². The maximum absolute atomic E-state index is 13.9. The molecule has 9 heteroatoms. The number of alkyl halides is 3. The Morgan fingerprint density at radius 3 is 2.68 bits per heavy atom. The lowest BCUT2D eigenvalue weighted by Gasteiger charge is -2.37. The molecule has 4 heterocycles. The summed E-state index contributed by atoms with van der Waals surface area (Å²) in [5, 5.41) is 7.30. The summed E-state index contributed by atoms with van der Waals surface area (Å²) in [5.41, 5.74) is 1.91. The van der Waals surface area contributed by atoms with Crippen LogP contribution in [0.5, 0.6) is 0 Å². The molecule has 3 aliphatic rings. The van der Waals surface area contributed by atoms with E-state index in [4.69, 9.17) is 0 Å². The van der Waals surface area contributed by atoms with Gasteiger partial charge in [-0.15, -0.1) is 0 Å². The van der Waals surface area contributed by atoms with Crippen LogP contribution in [-0.4, -0.2) is 63.9 Å². The Kier molecular flexibility index (Phi) is 4.96. The molecule has 0 aliphatic carbocycles. The molecule has 1 amide bonds. The van der Waals surface area contributed by atoms with Gasteiger partial charge in [-0.1, -0.05) is 29.8 Å². The van der Waals surface area contributed by atoms with E-state index in [0.717, 1.165) is 41.7 Å². The molecule has 3 unspecified atom stereocenters. The second kappa shape index (κ2) is 7.55. The molecule has 0 bridgehead atoms. The van der Waals surface area contributed by atoms with Crippen molar-refractivity contribution in [3.8, 4) is 0 Å². The van der Waals surface area contributed by atoms with Crippen LogP contribution in [0.3, 0.4) is 0 Å². The smallest absolute Gasteiger partial charge is 0.363 e. The molecule has 0 spiro atoms. The molecule has 3 aliphatic heterocycles. The molecule has 1 aromatic carbocycles. The fraction of sp³-hybridized carbons (Fsp3) is 0.545. The maximum atomic E-state index is 13.9. The number of hydrogen-bond donors (Lipinski definition) is 1. The number of rotatable bonds is 2. The van der Waals surface area contributed by atoms with E-state index in [1.165, 1.54) is 6.07 Å². The summed E-state index contributed by atoms with van der Waals surface area (Å²) in [6.45, 7) is 5.00. The van der Waals surface area contributed by atoms with Crippen LogP contribution in [0.2, 0.25) is 0 Å². The van der Waals surface area contributed by atoms with Crippen molar-refractivity contribution in [3.05, 3.63) is 47.2 Å². The number of benzene rings is 1. The molecule has 2 saturated heterocycles. The Bertz CT molecular complexity index is 971. The van der Waals surface area contributed by atoms with E-state index in [9.17, 15) is 18.0 Å². The van der Waals surface area contributed by atoms with Crippen LogP contribution < -0.4 is 5.32 Å². The Hall–Kier alpha value is -2.55. The number of carbonyl (C=O) groups excluding carboxylic acids is 1. The van der Waals surface area contributed by atoms with Gasteiger partial charge in [0.25, 0.3) is 5.91 Å². The molecule has 166 valence electrons. The van der Waals surface area contributed by atoms with Gasteiger partial charge in [-0.2, -0.15) is 18.3 Å². The molecule has 31 heavy (non-hydrogen) atoms. The molecule has 2 fully saturated rings. The topological polar surface area (TPSA) is 53.4 Å². The number of halogens is 3. The van der Waals surface area contributed by atoms with Gasteiger partial charge >= 0.3 is 6.18 Å². The maximum Gasteiger partial charge on any atom is 0.410 e. The Morgan fingerprint density at radius 1 is 1.16 bits per heavy atom. The fourth-order valence-corrected chi connectivity index (χ4v) is 5.03. The first-order valence-corrected chi connectivity index (χ1v) is 10.8. The van der Waals surface area contributed by atoms with Crippen molar-refractivity contribution in [1.29, 1.82) is 0 Å². The number of nitrogens with one attached hydrogen (secondary N) is 1. The molecule has 2 aromatic rings. The van der Waals surface area contributed by atoms with E-state index in [0.29, 0.717) is 19.1 Å². The molecule has 1 aromatic heterocycles. The highest BCUT2D eigenvalue weighted by Crippen LogP contribution is 2.43. The van der Waals surface area contributed by atoms with Gasteiger partial charge in [0.1, 0.15) is 5.82 Å². The lowest BCUT2D eigenvalue weighted by atomic mass is 9.96. The number of carbonyl (C=O) groups is 1. The standard InChI is InChI=1S/C22H26F3N5O/c1-14-4-6-15(7-5-14)17-11-19(22(23,24)25)30-20(26-17)12-18(27-30)21(31)29-10-9-28-8-2-3-16(28)13-29/h4-7,12,16-17,19,26H,2-3,8-11,13H2,1H3. The number of nitrogens with zero attached hydrogens (tertiary/aromatic N) is 4. The second-order valence-electron chi connectivity index (χ2n) is 8.84. The largest absolute Gasteiger partial charge is 0.410 e. The normalized spacial score (nSPS) is 26.3. The Morgan fingerprint density at radius 2 is 1.94 bits per heavy atom. The highest BCUT2D eigenvalue weighted by molar-refractivity contribution is 5.93. The van der Waals surface area contributed by atoms with Crippen molar-refractivity contribution in [2.45, 2.75) is 50.5 Å². The van der Waals surface area contributed by atoms with E-state index >= 15 is 0 Å². The number of anilines is 1. The average molecular weight is 433 g/mol. The zero-order valence-corrected chi connectivity index (χ0v) is 17.4. The summed E-state index contributed by atoms with van der Waals surface area (Å²) in [4.78, 5) is 17.2. The number of amides is 1. The minimum Gasteiger partial charge on any atom is -0.363 e. The third-order valence-corrected chi connectivity index (χ3v) is 6.76. The quantitative estimate of drug-likeness (QED) is 0.784. The summed E-state index contributed by atoms with van der Waals surface area (Å²) >= 11 is 0. The molecular weight excluding hydrogens is 407 g/mol. The summed E-state index contributed by atoms with van der Waals surface area (Å²) in [5.74, 6) is -0.0509. The van der Waals surface area contributed by atoms with Crippen LogP contribution in [0.1, 0.15) is 53.0 Å². The number of piperazine rings is 1. The predicted octanol–water partition coefficient (Wildman–Crippen LogP) is 3.77. The highest BCUT2D eigenvalue weighted by Gasteiger charge is 2.47. The third kappa shape index (κ3) is 3.79. The molecule has 3 atom stereocenters. The van der Waals surface area contributed by atoms with Gasteiger partial charge in [-0.05, 0) is 31.9 Å². The molecular formula is C22H26F3N5O. The summed E-state index contributed by atoms with van der Waals surface area (Å²) in [6.07, 6.45) is -2.44. The van der Waals surface area contributed by atoms with Crippen molar-refractivity contribution in [1.82, 2.24) is 19.6 Å². The van der Waals surface area contributed by atoms with Crippen LogP contribution in [0.25, 0.3) is 0 Å². The highest BCUT2D eigenvalue weighted by atomic mass is 19.4. The summed E-state index contributed by atoms with van der Waals surface area (Å²) < 4.78 is 42.6. The van der Waals surface area contributed by atoms with Gasteiger partial charge in [0, 0.05) is 38.2 Å². The minimum atomic E-state index is -4.46. The van der Waals surface area contributed by atoms with Gasteiger partial charge in [-0.3, -0.25) is 9.69 Å². The SMILES string of the molecule is Cc1ccc(C2CC(C(F)(F)F)n3nc(C(=O)N4CCN5CCCC5C4)cc3N2)cc1. The zero-order chi connectivity index (χ0) is 21.8. The zero-order valence-electron chi connectivity index (χ0n) is 17.4. The van der Waals surface area contributed by atoms with Crippen molar-refractivity contribution in [2.75, 3.05) is 31.5 Å². The van der Waals surface area contributed by atoms with Crippen LogP contribution in [0.4, 0.5) is 19.0 Å². The van der Waals surface area contributed by atoms with Crippen molar-refractivity contribution in [3.63, 3.8) is 0 Å². The predicted molar refractivity (Wildman–Crippen MR) is 110 cm³/mol. The van der Waals surface area contributed by atoms with Gasteiger partial charge in [0.05, 0.1) is 6.04 Å². The lowest BCUT2D eigenvalue weighted by molar-refractivity contribution is -0.173. The van der Waals surface area contributed by atoms with Crippen LogP contribution in [-0.2, 0) is 0 Å². The Balaban J connectivity index is 1.42. The van der Waals surface area contributed by atoms with Gasteiger partial charge in [0.2, 0.25) is 0 Å². The summed E-state index contributed by atoms with van der Waals surface area (Å²) in [6, 6.07) is 7.03. The van der Waals surface area contributed by atoms with E-state index in [2.05, 4.69) is 15.3 Å². The van der Waals surface area contributed by atoms with Crippen molar-refractivity contribution in [2.24, 2.45) is 0 Å². The lowest BCUT2D eigenvalue weighted by Crippen LogP contribution is -2.52. The van der Waals surface area contributed by atoms with Crippen LogP contribution in [0.15, 0.2) is 30.3 Å². The van der Waals surface area contributed by atoms with Crippen LogP contribution in [0, 0.1) is 6.92 Å². The van der Waals surface area contributed by atoms with E-state index in [1.807, 2.05) is 31.2 Å². The number of aromatic nitrogens is 2. The first kappa shape index (κ1) is 20.4. The molecule has 1 N–H and O–H groups in total. The number of hydrogen-bond acceptors (Lipinski definition) is 4. The summed E-state index contributed by atoms with van der Waals surface area (Å²) in [7, 11) is 0. The number of aryl methyl sites for hydroxylation is 1. The Labute approximate surface area is 179 Å².